The highest BCUT2D eigenvalue weighted by Gasteiger charge is 2.30. The molecule has 0 amide bonds. The molecule has 3 aromatic rings. The smallest absolute Gasteiger partial charge is 0.243 e. The Bertz CT molecular complexity index is 1250. The largest absolute Gasteiger partial charge is 0.354 e. The van der Waals surface area contributed by atoms with Gasteiger partial charge in [-0.2, -0.15) is 4.31 Å². The third-order valence-corrected chi connectivity index (χ3v) is 8.08. The van der Waals surface area contributed by atoms with Crippen LogP contribution in [0.2, 0.25) is 0 Å². The summed E-state index contributed by atoms with van der Waals surface area (Å²) in [6.07, 6.45) is 0. The van der Waals surface area contributed by atoms with Gasteiger partial charge >= 0.3 is 0 Å². The van der Waals surface area contributed by atoms with E-state index in [4.69, 9.17) is 9.97 Å². The quantitative estimate of drug-likeness (QED) is 0.547. The Balaban J connectivity index is 1.62. The van der Waals surface area contributed by atoms with Crippen LogP contribution in [0.15, 0.2) is 53.4 Å². The molecule has 0 unspecified atom stereocenters. The Morgan fingerprint density at radius 1 is 0.848 bits per heavy atom. The zero-order chi connectivity index (χ0) is 23.8. The van der Waals surface area contributed by atoms with Crippen LogP contribution in [0.5, 0.6) is 0 Å². The SMILES string of the molecule is Cc1ccc(S(=O)(=O)N2CCN(c3nc(-c4cccc(C)c4)nc(C)c3C(C)C)CC2)cc1. The van der Waals surface area contributed by atoms with Crippen LogP contribution in [0.25, 0.3) is 11.4 Å². The molecule has 33 heavy (non-hydrogen) atoms. The minimum absolute atomic E-state index is 0.265. The van der Waals surface area contributed by atoms with E-state index >= 15 is 0 Å². The third-order valence-electron chi connectivity index (χ3n) is 6.17. The van der Waals surface area contributed by atoms with Gasteiger partial charge in [-0.3, -0.25) is 0 Å². The summed E-state index contributed by atoms with van der Waals surface area (Å²) in [5.41, 5.74) is 5.30. The van der Waals surface area contributed by atoms with Gasteiger partial charge in [0.15, 0.2) is 5.82 Å². The molecule has 2 heterocycles. The van der Waals surface area contributed by atoms with Crippen molar-refractivity contribution >= 4 is 15.8 Å². The first-order valence-electron chi connectivity index (χ1n) is 11.4. The van der Waals surface area contributed by atoms with E-state index in [0.29, 0.717) is 36.9 Å². The number of aryl methyl sites for hydroxylation is 3. The van der Waals surface area contributed by atoms with Crippen LogP contribution in [0, 0.1) is 20.8 Å². The first kappa shape index (κ1) is 23.4. The molecule has 0 aliphatic carbocycles. The van der Waals surface area contributed by atoms with E-state index < -0.39 is 10.0 Å². The Labute approximate surface area is 197 Å². The molecule has 1 saturated heterocycles. The monoisotopic (exact) mass is 464 g/mol. The van der Waals surface area contributed by atoms with Crippen molar-refractivity contribution in [3.05, 3.63) is 70.9 Å². The van der Waals surface area contributed by atoms with Crippen molar-refractivity contribution in [1.82, 2.24) is 14.3 Å². The molecule has 0 spiro atoms. The maximum atomic E-state index is 13.1. The topological polar surface area (TPSA) is 66.4 Å². The molecule has 1 aliphatic heterocycles. The van der Waals surface area contributed by atoms with Gasteiger partial charge in [-0.25, -0.2) is 18.4 Å². The predicted octanol–water partition coefficient (Wildman–Crippen LogP) is 4.70. The molecule has 0 radical (unpaired) electrons. The molecule has 6 nitrogen and oxygen atoms in total. The fourth-order valence-corrected chi connectivity index (χ4v) is 5.82. The van der Waals surface area contributed by atoms with Crippen LogP contribution in [-0.4, -0.2) is 48.9 Å². The summed E-state index contributed by atoms with van der Waals surface area (Å²) in [5, 5.41) is 0. The summed E-state index contributed by atoms with van der Waals surface area (Å²) in [5.74, 6) is 1.90. The van der Waals surface area contributed by atoms with Crippen molar-refractivity contribution in [3.8, 4) is 11.4 Å². The maximum Gasteiger partial charge on any atom is 0.243 e. The van der Waals surface area contributed by atoms with Crippen LogP contribution in [0.3, 0.4) is 0 Å². The molecule has 0 atom stereocenters. The van der Waals surface area contributed by atoms with Crippen LogP contribution < -0.4 is 4.90 Å². The summed E-state index contributed by atoms with van der Waals surface area (Å²) in [7, 11) is -3.50. The molecule has 0 bridgehead atoms. The van der Waals surface area contributed by atoms with E-state index in [-0.39, 0.29) is 5.92 Å². The number of anilines is 1. The number of rotatable bonds is 5. The van der Waals surface area contributed by atoms with Gasteiger partial charge in [-0.15, -0.1) is 0 Å². The Kier molecular flexibility index (Phi) is 6.54. The molecule has 7 heteroatoms. The maximum absolute atomic E-state index is 13.1. The number of benzene rings is 2. The molecule has 1 aromatic heterocycles. The molecule has 2 aromatic carbocycles. The average Bonchev–Trinajstić information content (AvgIpc) is 2.78. The lowest BCUT2D eigenvalue weighted by atomic mass is 10.0. The first-order chi connectivity index (χ1) is 15.7. The summed E-state index contributed by atoms with van der Waals surface area (Å²) in [6, 6.07) is 15.3. The number of hydrogen-bond donors (Lipinski definition) is 0. The summed E-state index contributed by atoms with van der Waals surface area (Å²) in [6.45, 7) is 12.4. The van der Waals surface area contributed by atoms with Crippen LogP contribution in [0.1, 0.15) is 42.1 Å². The summed E-state index contributed by atoms with van der Waals surface area (Å²) < 4.78 is 27.8. The van der Waals surface area contributed by atoms with E-state index in [0.717, 1.165) is 33.8 Å². The van der Waals surface area contributed by atoms with Gasteiger partial charge in [0, 0.05) is 43.0 Å². The first-order valence-corrected chi connectivity index (χ1v) is 12.9. The van der Waals surface area contributed by atoms with E-state index in [1.54, 1.807) is 16.4 Å². The fraction of sp³-hybridized carbons (Fsp3) is 0.385. The number of nitrogens with zero attached hydrogens (tertiary/aromatic N) is 4. The third kappa shape index (κ3) is 4.80. The predicted molar refractivity (Wildman–Crippen MR) is 133 cm³/mol. The fourth-order valence-electron chi connectivity index (χ4n) is 4.40. The second-order valence-electron chi connectivity index (χ2n) is 9.10. The van der Waals surface area contributed by atoms with Crippen molar-refractivity contribution in [2.45, 2.75) is 45.4 Å². The number of aromatic nitrogens is 2. The Morgan fingerprint density at radius 2 is 1.52 bits per heavy atom. The zero-order valence-corrected chi connectivity index (χ0v) is 20.9. The molecular weight excluding hydrogens is 432 g/mol. The number of hydrogen-bond acceptors (Lipinski definition) is 5. The van der Waals surface area contributed by atoms with E-state index in [1.807, 2.05) is 38.1 Å². The van der Waals surface area contributed by atoms with Gasteiger partial charge in [0.1, 0.15) is 5.82 Å². The number of piperazine rings is 1. The van der Waals surface area contributed by atoms with Gasteiger partial charge in [0.25, 0.3) is 0 Å². The average molecular weight is 465 g/mol. The molecule has 4 rings (SSSR count). The van der Waals surface area contributed by atoms with Crippen molar-refractivity contribution in [1.29, 1.82) is 0 Å². The summed E-state index contributed by atoms with van der Waals surface area (Å²) >= 11 is 0. The zero-order valence-electron chi connectivity index (χ0n) is 20.0. The van der Waals surface area contributed by atoms with Crippen molar-refractivity contribution in [3.63, 3.8) is 0 Å². The van der Waals surface area contributed by atoms with Gasteiger partial charge in [0.05, 0.1) is 4.90 Å². The molecule has 174 valence electrons. The van der Waals surface area contributed by atoms with Crippen molar-refractivity contribution in [2.24, 2.45) is 0 Å². The standard InChI is InChI=1S/C26H32N4O2S/c1-18(2)24-21(5)27-25(22-8-6-7-20(4)17-22)28-26(24)29-13-15-30(16-14-29)33(31,32)23-11-9-19(3)10-12-23/h6-12,17-18H,13-16H2,1-5H3. The van der Waals surface area contributed by atoms with Gasteiger partial charge in [-0.1, -0.05) is 55.3 Å². The Hall–Kier alpha value is -2.77. The molecular formula is C26H32N4O2S. The van der Waals surface area contributed by atoms with Gasteiger partial charge in [-0.05, 0) is 44.9 Å². The lowest BCUT2D eigenvalue weighted by Gasteiger charge is -2.36. The highest BCUT2D eigenvalue weighted by atomic mass is 32.2. The molecule has 0 N–H and O–H groups in total. The van der Waals surface area contributed by atoms with Crippen molar-refractivity contribution < 1.29 is 8.42 Å². The summed E-state index contributed by atoms with van der Waals surface area (Å²) in [4.78, 5) is 12.4. The van der Waals surface area contributed by atoms with Crippen LogP contribution >= 0.6 is 0 Å². The van der Waals surface area contributed by atoms with Crippen molar-refractivity contribution in [2.75, 3.05) is 31.1 Å². The number of sulfonamides is 1. The van der Waals surface area contributed by atoms with Gasteiger partial charge in [0.2, 0.25) is 10.0 Å². The lowest BCUT2D eigenvalue weighted by molar-refractivity contribution is 0.383. The van der Waals surface area contributed by atoms with Gasteiger partial charge < -0.3 is 4.90 Å². The van der Waals surface area contributed by atoms with E-state index in [2.05, 4.69) is 37.8 Å². The van der Waals surface area contributed by atoms with E-state index in [9.17, 15) is 8.42 Å². The Morgan fingerprint density at radius 3 is 2.12 bits per heavy atom. The molecule has 1 aliphatic rings. The minimum atomic E-state index is -3.50. The van der Waals surface area contributed by atoms with E-state index in [1.165, 1.54) is 0 Å². The normalized spacial score (nSPS) is 15.3. The highest BCUT2D eigenvalue weighted by molar-refractivity contribution is 7.89. The molecule has 1 fully saturated rings. The molecule has 0 saturated carbocycles. The highest BCUT2D eigenvalue weighted by Crippen LogP contribution is 2.32. The van der Waals surface area contributed by atoms with Crippen LogP contribution in [0.4, 0.5) is 5.82 Å². The lowest BCUT2D eigenvalue weighted by Crippen LogP contribution is -2.49. The van der Waals surface area contributed by atoms with Crippen LogP contribution in [-0.2, 0) is 10.0 Å². The second-order valence-corrected chi connectivity index (χ2v) is 11.0. The second kappa shape index (κ2) is 9.23. The minimum Gasteiger partial charge on any atom is -0.354 e.